The molecule has 2 amide bonds. The Hall–Kier alpha value is -2.57. The van der Waals surface area contributed by atoms with E-state index in [2.05, 4.69) is 20.6 Å². The third kappa shape index (κ3) is 4.49. The summed E-state index contributed by atoms with van der Waals surface area (Å²) in [6.45, 7) is 10.7. The summed E-state index contributed by atoms with van der Waals surface area (Å²) in [5, 5.41) is 5.37. The smallest absolute Gasteiger partial charge is 0.254 e. The minimum Gasteiger partial charge on any atom is -0.350 e. The number of fused-ring (bicyclic) bond motifs is 1. The fourth-order valence-electron chi connectivity index (χ4n) is 2.29. The van der Waals surface area contributed by atoms with Crippen molar-refractivity contribution in [1.29, 1.82) is 0 Å². The SMILES string of the molecule is Cc1nc2cc(F)cc(C(=O)N[C@@H](C)C(=O)NC(C)(C)C)c2nc1C. The van der Waals surface area contributed by atoms with Gasteiger partial charge in [-0.1, -0.05) is 0 Å². The van der Waals surface area contributed by atoms with Gasteiger partial charge in [-0.3, -0.25) is 9.59 Å². The largest absolute Gasteiger partial charge is 0.350 e. The first-order valence-electron chi connectivity index (χ1n) is 8.05. The molecule has 1 heterocycles. The monoisotopic (exact) mass is 346 g/mol. The molecule has 0 radical (unpaired) electrons. The first-order chi connectivity index (χ1) is 11.5. The number of carbonyl (C=O) groups is 2. The third-order valence-corrected chi connectivity index (χ3v) is 3.63. The molecule has 0 aliphatic heterocycles. The van der Waals surface area contributed by atoms with Crippen molar-refractivity contribution in [3.63, 3.8) is 0 Å². The highest BCUT2D eigenvalue weighted by Crippen LogP contribution is 2.19. The van der Waals surface area contributed by atoms with E-state index in [1.54, 1.807) is 20.8 Å². The number of nitrogens with zero attached hydrogens (tertiary/aromatic N) is 2. The fourth-order valence-corrected chi connectivity index (χ4v) is 2.29. The molecule has 0 bridgehead atoms. The van der Waals surface area contributed by atoms with Crippen LogP contribution in [0.5, 0.6) is 0 Å². The van der Waals surface area contributed by atoms with Crippen LogP contribution in [0.2, 0.25) is 0 Å². The highest BCUT2D eigenvalue weighted by molar-refractivity contribution is 6.06. The Balaban J connectivity index is 2.33. The van der Waals surface area contributed by atoms with Gasteiger partial charge >= 0.3 is 0 Å². The van der Waals surface area contributed by atoms with Gasteiger partial charge in [-0.2, -0.15) is 0 Å². The lowest BCUT2D eigenvalue weighted by atomic mass is 10.1. The quantitative estimate of drug-likeness (QED) is 0.894. The van der Waals surface area contributed by atoms with Crippen molar-refractivity contribution in [3.05, 3.63) is 34.9 Å². The number of aromatic nitrogens is 2. The average Bonchev–Trinajstić information content (AvgIpc) is 2.46. The standard InChI is InChI=1S/C18H23FN4O2/c1-9-10(2)21-15-13(7-12(19)8-14(15)20-9)17(25)22-11(3)16(24)23-18(4,5)6/h7-8,11H,1-6H3,(H,22,25)(H,23,24)/t11-/m0/s1. The molecule has 6 nitrogen and oxygen atoms in total. The fraction of sp³-hybridized carbons (Fsp3) is 0.444. The number of nitrogens with one attached hydrogen (secondary N) is 2. The molecule has 2 aromatic rings. The van der Waals surface area contributed by atoms with Crippen molar-refractivity contribution >= 4 is 22.8 Å². The molecule has 1 aromatic heterocycles. The Morgan fingerprint density at radius 1 is 1.12 bits per heavy atom. The second-order valence-corrected chi connectivity index (χ2v) is 7.15. The maximum atomic E-state index is 13.9. The highest BCUT2D eigenvalue weighted by Gasteiger charge is 2.23. The van der Waals surface area contributed by atoms with E-state index in [0.717, 1.165) is 6.07 Å². The number of halogens is 1. The summed E-state index contributed by atoms with van der Waals surface area (Å²) in [7, 11) is 0. The van der Waals surface area contributed by atoms with E-state index in [1.807, 2.05) is 20.8 Å². The van der Waals surface area contributed by atoms with Crippen LogP contribution in [0.3, 0.4) is 0 Å². The maximum absolute atomic E-state index is 13.9. The lowest BCUT2D eigenvalue weighted by Crippen LogP contribution is -2.50. The van der Waals surface area contributed by atoms with Crippen LogP contribution < -0.4 is 10.6 Å². The van der Waals surface area contributed by atoms with Gasteiger partial charge in [0.05, 0.1) is 22.5 Å². The van der Waals surface area contributed by atoms with Crippen LogP contribution in [0.4, 0.5) is 4.39 Å². The van der Waals surface area contributed by atoms with E-state index in [0.29, 0.717) is 22.4 Å². The summed E-state index contributed by atoms with van der Waals surface area (Å²) in [5.74, 6) is -1.47. The summed E-state index contributed by atoms with van der Waals surface area (Å²) < 4.78 is 13.9. The Morgan fingerprint density at radius 2 is 1.72 bits per heavy atom. The zero-order valence-electron chi connectivity index (χ0n) is 15.3. The molecule has 0 spiro atoms. The zero-order valence-corrected chi connectivity index (χ0v) is 15.3. The number of benzene rings is 1. The summed E-state index contributed by atoms with van der Waals surface area (Å²) in [4.78, 5) is 33.3. The third-order valence-electron chi connectivity index (χ3n) is 3.63. The summed E-state index contributed by atoms with van der Waals surface area (Å²) in [5.41, 5.74) is 1.59. The van der Waals surface area contributed by atoms with Gasteiger partial charge in [-0.25, -0.2) is 14.4 Å². The van der Waals surface area contributed by atoms with Gasteiger partial charge in [0, 0.05) is 11.6 Å². The molecule has 2 rings (SSSR count). The second kappa shape index (κ2) is 6.74. The molecule has 25 heavy (non-hydrogen) atoms. The van der Waals surface area contributed by atoms with Gasteiger partial charge in [0.15, 0.2) is 0 Å². The van der Waals surface area contributed by atoms with E-state index < -0.39 is 23.3 Å². The maximum Gasteiger partial charge on any atom is 0.254 e. The molecular formula is C18H23FN4O2. The van der Waals surface area contributed by atoms with Crippen LogP contribution in [0.25, 0.3) is 11.0 Å². The molecule has 0 fully saturated rings. The number of hydrogen-bond donors (Lipinski definition) is 2. The van der Waals surface area contributed by atoms with Crippen LogP contribution in [0, 0.1) is 19.7 Å². The zero-order chi connectivity index (χ0) is 18.9. The minimum atomic E-state index is -0.774. The van der Waals surface area contributed by atoms with Crippen molar-refractivity contribution in [1.82, 2.24) is 20.6 Å². The van der Waals surface area contributed by atoms with Crippen molar-refractivity contribution in [3.8, 4) is 0 Å². The van der Waals surface area contributed by atoms with Gasteiger partial charge in [0.2, 0.25) is 5.91 Å². The second-order valence-electron chi connectivity index (χ2n) is 7.15. The van der Waals surface area contributed by atoms with Gasteiger partial charge in [-0.05, 0) is 47.6 Å². The number of rotatable bonds is 3. The van der Waals surface area contributed by atoms with Gasteiger partial charge in [0.1, 0.15) is 17.4 Å². The first-order valence-corrected chi connectivity index (χ1v) is 8.05. The summed E-state index contributed by atoms with van der Waals surface area (Å²) in [6.07, 6.45) is 0. The Bertz CT molecular complexity index is 843. The van der Waals surface area contributed by atoms with Crippen molar-refractivity contribution in [2.75, 3.05) is 0 Å². The van der Waals surface area contributed by atoms with Gasteiger partial charge < -0.3 is 10.6 Å². The molecule has 7 heteroatoms. The number of aryl methyl sites for hydroxylation is 2. The molecule has 0 saturated heterocycles. The molecule has 1 aromatic carbocycles. The average molecular weight is 346 g/mol. The van der Waals surface area contributed by atoms with Crippen molar-refractivity contribution in [2.24, 2.45) is 0 Å². The molecular weight excluding hydrogens is 323 g/mol. The number of amides is 2. The van der Waals surface area contributed by atoms with E-state index in [9.17, 15) is 14.0 Å². The normalized spacial score (nSPS) is 12.8. The molecule has 0 saturated carbocycles. The Morgan fingerprint density at radius 3 is 2.32 bits per heavy atom. The molecule has 0 aliphatic carbocycles. The van der Waals surface area contributed by atoms with Crippen LogP contribution >= 0.6 is 0 Å². The van der Waals surface area contributed by atoms with E-state index in [1.165, 1.54) is 6.07 Å². The van der Waals surface area contributed by atoms with E-state index >= 15 is 0 Å². The first kappa shape index (κ1) is 18.8. The van der Waals surface area contributed by atoms with Gasteiger partial charge in [0.25, 0.3) is 5.91 Å². The summed E-state index contributed by atoms with van der Waals surface area (Å²) in [6, 6.07) is 1.57. The minimum absolute atomic E-state index is 0.0565. The number of carbonyl (C=O) groups excluding carboxylic acids is 2. The summed E-state index contributed by atoms with van der Waals surface area (Å²) >= 11 is 0. The molecule has 134 valence electrons. The van der Waals surface area contributed by atoms with E-state index in [-0.39, 0.29) is 11.5 Å². The van der Waals surface area contributed by atoms with Crippen LogP contribution in [-0.2, 0) is 4.79 Å². The van der Waals surface area contributed by atoms with Gasteiger partial charge in [-0.15, -0.1) is 0 Å². The highest BCUT2D eigenvalue weighted by atomic mass is 19.1. The number of hydrogen-bond acceptors (Lipinski definition) is 4. The predicted molar refractivity (Wildman–Crippen MR) is 93.8 cm³/mol. The Labute approximate surface area is 146 Å². The predicted octanol–water partition coefficient (Wildman–Crippen LogP) is 2.42. The van der Waals surface area contributed by atoms with Crippen molar-refractivity contribution < 1.29 is 14.0 Å². The molecule has 0 aliphatic rings. The molecule has 1 atom stereocenters. The van der Waals surface area contributed by atoms with Crippen LogP contribution in [0.15, 0.2) is 12.1 Å². The Kier molecular flexibility index (Phi) is 5.06. The van der Waals surface area contributed by atoms with Crippen LogP contribution in [-0.4, -0.2) is 33.4 Å². The van der Waals surface area contributed by atoms with Crippen molar-refractivity contribution in [2.45, 2.75) is 53.1 Å². The lowest BCUT2D eigenvalue weighted by molar-refractivity contribution is -0.124. The lowest BCUT2D eigenvalue weighted by Gasteiger charge is -2.23. The van der Waals surface area contributed by atoms with E-state index in [4.69, 9.17) is 0 Å². The molecule has 0 unspecified atom stereocenters. The molecule has 2 N–H and O–H groups in total. The van der Waals surface area contributed by atoms with Crippen LogP contribution in [0.1, 0.15) is 49.4 Å². The topological polar surface area (TPSA) is 84.0 Å².